The lowest BCUT2D eigenvalue weighted by Crippen LogP contribution is -2.27. The molecular formula is C13H14N2O2. The SMILES string of the molecule is COC1=NC=C(C)N(C(C)=O)c2ccccc21. The van der Waals surface area contributed by atoms with Crippen molar-refractivity contribution >= 4 is 17.5 Å². The average Bonchev–Trinajstić information content (AvgIpc) is 2.45. The van der Waals surface area contributed by atoms with Gasteiger partial charge in [-0.3, -0.25) is 9.69 Å². The van der Waals surface area contributed by atoms with Crippen LogP contribution in [0.3, 0.4) is 0 Å². The van der Waals surface area contributed by atoms with E-state index in [9.17, 15) is 4.79 Å². The molecule has 0 saturated heterocycles. The van der Waals surface area contributed by atoms with Gasteiger partial charge in [0.2, 0.25) is 11.8 Å². The van der Waals surface area contributed by atoms with Gasteiger partial charge in [-0.1, -0.05) is 12.1 Å². The molecule has 17 heavy (non-hydrogen) atoms. The zero-order chi connectivity index (χ0) is 12.4. The highest BCUT2D eigenvalue weighted by molar-refractivity contribution is 6.06. The highest BCUT2D eigenvalue weighted by Gasteiger charge is 2.21. The number of methoxy groups -OCH3 is 1. The van der Waals surface area contributed by atoms with Crippen molar-refractivity contribution in [1.29, 1.82) is 0 Å². The molecule has 0 unspecified atom stereocenters. The van der Waals surface area contributed by atoms with Gasteiger partial charge < -0.3 is 4.74 Å². The van der Waals surface area contributed by atoms with E-state index in [2.05, 4.69) is 4.99 Å². The van der Waals surface area contributed by atoms with E-state index in [-0.39, 0.29) is 5.91 Å². The summed E-state index contributed by atoms with van der Waals surface area (Å²) in [6.45, 7) is 3.38. The molecule has 1 amide bonds. The van der Waals surface area contributed by atoms with Crippen molar-refractivity contribution in [2.75, 3.05) is 12.0 Å². The van der Waals surface area contributed by atoms with Crippen LogP contribution in [-0.2, 0) is 9.53 Å². The van der Waals surface area contributed by atoms with Gasteiger partial charge in [0.05, 0.1) is 24.6 Å². The van der Waals surface area contributed by atoms with E-state index in [1.54, 1.807) is 18.2 Å². The normalized spacial score (nSPS) is 14.4. The minimum Gasteiger partial charge on any atom is -0.481 e. The van der Waals surface area contributed by atoms with Gasteiger partial charge in [0, 0.05) is 12.6 Å². The number of para-hydroxylation sites is 1. The number of anilines is 1. The molecular weight excluding hydrogens is 216 g/mol. The summed E-state index contributed by atoms with van der Waals surface area (Å²) in [5.41, 5.74) is 2.39. The summed E-state index contributed by atoms with van der Waals surface area (Å²) in [5, 5.41) is 0. The van der Waals surface area contributed by atoms with Gasteiger partial charge in [0.25, 0.3) is 0 Å². The van der Waals surface area contributed by atoms with Crippen LogP contribution in [0.5, 0.6) is 0 Å². The Morgan fingerprint density at radius 2 is 2.06 bits per heavy atom. The molecule has 0 N–H and O–H groups in total. The first-order chi connectivity index (χ1) is 8.15. The second-order valence-electron chi connectivity index (χ2n) is 3.78. The molecule has 1 aromatic carbocycles. The molecule has 4 heteroatoms. The molecule has 1 aliphatic heterocycles. The Bertz CT molecular complexity index is 518. The molecule has 1 heterocycles. The largest absolute Gasteiger partial charge is 0.481 e. The van der Waals surface area contributed by atoms with Gasteiger partial charge in [-0.15, -0.1) is 0 Å². The summed E-state index contributed by atoms with van der Waals surface area (Å²) in [5.74, 6) is 0.474. The summed E-state index contributed by atoms with van der Waals surface area (Å²) >= 11 is 0. The lowest BCUT2D eigenvalue weighted by atomic mass is 10.1. The number of hydrogen-bond donors (Lipinski definition) is 0. The molecule has 4 nitrogen and oxygen atoms in total. The van der Waals surface area contributed by atoms with Crippen molar-refractivity contribution in [3.63, 3.8) is 0 Å². The predicted molar refractivity (Wildman–Crippen MR) is 66.9 cm³/mol. The Hall–Kier alpha value is -2.10. The van der Waals surface area contributed by atoms with E-state index in [1.807, 2.05) is 31.2 Å². The minimum absolute atomic E-state index is 0.0428. The number of nitrogens with zero attached hydrogens (tertiary/aromatic N) is 2. The van der Waals surface area contributed by atoms with Gasteiger partial charge in [0.1, 0.15) is 0 Å². The van der Waals surface area contributed by atoms with Crippen LogP contribution in [0.1, 0.15) is 19.4 Å². The van der Waals surface area contributed by atoms with E-state index in [1.165, 1.54) is 6.92 Å². The number of carbonyl (C=O) groups is 1. The van der Waals surface area contributed by atoms with E-state index < -0.39 is 0 Å². The average molecular weight is 230 g/mol. The monoisotopic (exact) mass is 230 g/mol. The third-order valence-electron chi connectivity index (χ3n) is 2.60. The molecule has 0 saturated carbocycles. The topological polar surface area (TPSA) is 41.9 Å². The third kappa shape index (κ3) is 1.93. The maximum Gasteiger partial charge on any atom is 0.228 e. The number of allylic oxidation sites excluding steroid dienone is 1. The van der Waals surface area contributed by atoms with Crippen LogP contribution in [0.2, 0.25) is 0 Å². The number of benzene rings is 1. The number of rotatable bonds is 0. The second-order valence-corrected chi connectivity index (χ2v) is 3.78. The van der Waals surface area contributed by atoms with Crippen LogP contribution in [0.4, 0.5) is 5.69 Å². The predicted octanol–water partition coefficient (Wildman–Crippen LogP) is 2.31. The van der Waals surface area contributed by atoms with Crippen LogP contribution in [0.25, 0.3) is 0 Å². The van der Waals surface area contributed by atoms with E-state index in [4.69, 9.17) is 4.74 Å². The molecule has 0 fully saturated rings. The number of carbonyl (C=O) groups excluding carboxylic acids is 1. The first-order valence-electron chi connectivity index (χ1n) is 5.34. The second kappa shape index (κ2) is 4.41. The van der Waals surface area contributed by atoms with Crippen LogP contribution < -0.4 is 4.90 Å². The van der Waals surface area contributed by atoms with Crippen molar-refractivity contribution in [3.05, 3.63) is 41.7 Å². The number of aliphatic imine (C=N–C) groups is 1. The fourth-order valence-corrected chi connectivity index (χ4v) is 1.90. The summed E-state index contributed by atoms with van der Waals surface area (Å²) < 4.78 is 5.24. The van der Waals surface area contributed by atoms with Gasteiger partial charge in [-0.2, -0.15) is 0 Å². The Morgan fingerprint density at radius 3 is 2.71 bits per heavy atom. The Labute approximate surface area is 100 Å². The lowest BCUT2D eigenvalue weighted by Gasteiger charge is -2.22. The molecule has 0 aliphatic carbocycles. The van der Waals surface area contributed by atoms with Gasteiger partial charge in [0.15, 0.2) is 0 Å². The molecule has 88 valence electrons. The summed E-state index contributed by atoms with van der Waals surface area (Å²) in [6, 6.07) is 7.56. The Kier molecular flexibility index (Phi) is 2.95. The zero-order valence-corrected chi connectivity index (χ0v) is 10.1. The fraction of sp³-hybridized carbons (Fsp3) is 0.231. The quantitative estimate of drug-likeness (QED) is 0.686. The molecule has 0 bridgehead atoms. The van der Waals surface area contributed by atoms with Gasteiger partial charge >= 0.3 is 0 Å². The van der Waals surface area contributed by atoms with Crippen molar-refractivity contribution < 1.29 is 9.53 Å². The van der Waals surface area contributed by atoms with Gasteiger partial charge in [-0.05, 0) is 19.1 Å². The van der Waals surface area contributed by atoms with E-state index >= 15 is 0 Å². The standard InChI is InChI=1S/C13H14N2O2/c1-9-8-14-13(17-3)11-6-4-5-7-12(11)15(9)10(2)16/h4-8H,1-3H3. The number of fused-ring (bicyclic) bond motifs is 1. The summed E-state index contributed by atoms with van der Waals surface area (Å²) in [6.07, 6.45) is 1.64. The molecule has 2 rings (SSSR count). The maximum absolute atomic E-state index is 11.7. The molecule has 1 aliphatic rings. The van der Waals surface area contributed by atoms with Crippen molar-refractivity contribution in [2.24, 2.45) is 4.99 Å². The van der Waals surface area contributed by atoms with Crippen LogP contribution in [0.15, 0.2) is 41.2 Å². The Morgan fingerprint density at radius 1 is 1.35 bits per heavy atom. The minimum atomic E-state index is -0.0428. The van der Waals surface area contributed by atoms with E-state index in [0.717, 1.165) is 16.9 Å². The zero-order valence-electron chi connectivity index (χ0n) is 10.1. The third-order valence-corrected chi connectivity index (χ3v) is 2.60. The molecule has 0 aromatic heterocycles. The number of ether oxygens (including phenoxy) is 1. The molecule has 0 radical (unpaired) electrons. The highest BCUT2D eigenvalue weighted by Crippen LogP contribution is 2.27. The maximum atomic E-state index is 11.7. The van der Waals surface area contributed by atoms with Crippen LogP contribution >= 0.6 is 0 Å². The van der Waals surface area contributed by atoms with Crippen molar-refractivity contribution in [1.82, 2.24) is 0 Å². The summed E-state index contributed by atoms with van der Waals surface area (Å²) in [4.78, 5) is 17.6. The van der Waals surface area contributed by atoms with Crippen molar-refractivity contribution in [2.45, 2.75) is 13.8 Å². The first-order valence-corrected chi connectivity index (χ1v) is 5.34. The fourth-order valence-electron chi connectivity index (χ4n) is 1.90. The van der Waals surface area contributed by atoms with Crippen molar-refractivity contribution in [3.8, 4) is 0 Å². The van der Waals surface area contributed by atoms with Crippen LogP contribution in [0, 0.1) is 0 Å². The first kappa shape index (κ1) is 11.4. The van der Waals surface area contributed by atoms with Gasteiger partial charge in [-0.25, -0.2) is 4.99 Å². The van der Waals surface area contributed by atoms with E-state index in [0.29, 0.717) is 5.90 Å². The summed E-state index contributed by atoms with van der Waals surface area (Å²) in [7, 11) is 1.57. The van der Waals surface area contributed by atoms with Crippen LogP contribution in [-0.4, -0.2) is 18.9 Å². The Balaban J connectivity index is 2.66. The molecule has 0 spiro atoms. The highest BCUT2D eigenvalue weighted by atomic mass is 16.5. The molecule has 0 atom stereocenters. The number of amides is 1. The lowest BCUT2D eigenvalue weighted by molar-refractivity contribution is -0.116. The smallest absolute Gasteiger partial charge is 0.228 e. The molecule has 1 aromatic rings. The number of hydrogen-bond acceptors (Lipinski definition) is 3.